The monoisotopic (exact) mass is 318 g/mol. The molecule has 2 aromatic carbocycles. The van der Waals surface area contributed by atoms with Crippen molar-refractivity contribution in [2.45, 2.75) is 12.2 Å². The largest absolute Gasteiger partial charge is 0.502 e. The van der Waals surface area contributed by atoms with Crippen LogP contribution in [0.1, 0.15) is 11.7 Å². The molecule has 1 aliphatic heterocycles. The minimum atomic E-state index is -0.580. The minimum absolute atomic E-state index is 0.0866. The summed E-state index contributed by atoms with van der Waals surface area (Å²) in [5.41, 5.74) is 0.671. The molecule has 23 heavy (non-hydrogen) atoms. The van der Waals surface area contributed by atoms with Gasteiger partial charge in [-0.2, -0.15) is 0 Å². The zero-order chi connectivity index (χ0) is 16.4. The van der Waals surface area contributed by atoms with Crippen LogP contribution in [0.15, 0.2) is 36.4 Å². The van der Waals surface area contributed by atoms with Crippen LogP contribution in [0.3, 0.4) is 0 Å². The lowest BCUT2D eigenvalue weighted by Crippen LogP contribution is -2.36. The Kier molecular flexibility index (Phi) is 4.16. The number of phenolic OH excluding ortho intramolecular Hbond substituents is 1. The molecular weight excluding hydrogens is 300 g/mol. The molecular formula is C17H18O6. The standard InChI is InChI=1S/C17H18O6/c1-20-13-7-10(8-14(21-2)16(13)19)17-15(9-18)22-11-5-3-4-6-12(11)23-17/h3-8,15,17-19H,9H2,1-2H3/t15-,17-/m0/s1. The van der Waals surface area contributed by atoms with Crippen LogP contribution < -0.4 is 18.9 Å². The smallest absolute Gasteiger partial charge is 0.200 e. The maximum absolute atomic E-state index is 10.0. The SMILES string of the molecule is COc1cc([C@@H]2Oc3ccccc3O[C@H]2CO)cc(OC)c1O. The van der Waals surface area contributed by atoms with Gasteiger partial charge in [0.15, 0.2) is 35.2 Å². The summed E-state index contributed by atoms with van der Waals surface area (Å²) < 4.78 is 22.1. The molecule has 0 saturated carbocycles. The average Bonchev–Trinajstić information content (AvgIpc) is 2.60. The number of para-hydroxylation sites is 2. The van der Waals surface area contributed by atoms with Gasteiger partial charge in [0.2, 0.25) is 5.75 Å². The van der Waals surface area contributed by atoms with Crippen molar-refractivity contribution >= 4 is 0 Å². The van der Waals surface area contributed by atoms with Gasteiger partial charge in [0.25, 0.3) is 0 Å². The Bertz CT molecular complexity index is 674. The Morgan fingerprint density at radius 1 is 1.00 bits per heavy atom. The summed E-state index contributed by atoms with van der Waals surface area (Å²) >= 11 is 0. The van der Waals surface area contributed by atoms with Gasteiger partial charge in [-0.05, 0) is 24.3 Å². The van der Waals surface area contributed by atoms with Crippen molar-refractivity contribution in [2.75, 3.05) is 20.8 Å². The van der Waals surface area contributed by atoms with E-state index in [1.165, 1.54) is 14.2 Å². The quantitative estimate of drug-likeness (QED) is 0.900. The number of aliphatic hydroxyl groups is 1. The predicted octanol–water partition coefficient (Wildman–Crippen LogP) is 2.28. The third-order valence-electron chi connectivity index (χ3n) is 3.73. The first-order valence-corrected chi connectivity index (χ1v) is 7.16. The van der Waals surface area contributed by atoms with Gasteiger partial charge < -0.3 is 29.2 Å². The van der Waals surface area contributed by atoms with Crippen molar-refractivity contribution < 1.29 is 29.2 Å². The molecule has 0 amide bonds. The van der Waals surface area contributed by atoms with Gasteiger partial charge in [-0.15, -0.1) is 0 Å². The zero-order valence-corrected chi connectivity index (χ0v) is 12.9. The van der Waals surface area contributed by atoms with Crippen molar-refractivity contribution in [1.29, 1.82) is 0 Å². The van der Waals surface area contributed by atoms with Crippen molar-refractivity contribution in [3.8, 4) is 28.7 Å². The molecule has 2 atom stereocenters. The number of fused-ring (bicyclic) bond motifs is 1. The molecule has 0 bridgehead atoms. The number of hydrogen-bond acceptors (Lipinski definition) is 6. The maximum atomic E-state index is 10.0. The van der Waals surface area contributed by atoms with E-state index in [-0.39, 0.29) is 23.9 Å². The maximum Gasteiger partial charge on any atom is 0.200 e. The van der Waals surface area contributed by atoms with Gasteiger partial charge in [-0.25, -0.2) is 0 Å². The first kappa shape index (κ1) is 15.3. The van der Waals surface area contributed by atoms with Crippen molar-refractivity contribution in [2.24, 2.45) is 0 Å². The molecule has 3 rings (SSSR count). The lowest BCUT2D eigenvalue weighted by Gasteiger charge is -2.33. The van der Waals surface area contributed by atoms with Gasteiger partial charge in [0.1, 0.15) is 0 Å². The van der Waals surface area contributed by atoms with E-state index in [1.807, 2.05) is 12.1 Å². The topological polar surface area (TPSA) is 77.4 Å². The molecule has 2 N–H and O–H groups in total. The fourth-order valence-corrected chi connectivity index (χ4v) is 2.58. The summed E-state index contributed by atoms with van der Waals surface area (Å²) in [5, 5.41) is 19.7. The third kappa shape index (κ3) is 2.73. The fraction of sp³-hybridized carbons (Fsp3) is 0.294. The summed E-state index contributed by atoms with van der Waals surface area (Å²) in [6.45, 7) is -0.218. The number of hydrogen-bond donors (Lipinski definition) is 2. The highest BCUT2D eigenvalue weighted by Crippen LogP contribution is 2.43. The van der Waals surface area contributed by atoms with Crippen LogP contribution in [-0.4, -0.2) is 37.1 Å². The number of phenols is 1. The molecule has 122 valence electrons. The summed E-state index contributed by atoms with van der Waals surface area (Å²) in [7, 11) is 2.91. The molecule has 0 aliphatic carbocycles. The highest BCUT2D eigenvalue weighted by molar-refractivity contribution is 5.54. The predicted molar refractivity (Wildman–Crippen MR) is 82.5 cm³/mol. The van der Waals surface area contributed by atoms with Gasteiger partial charge in [-0.1, -0.05) is 12.1 Å². The van der Waals surface area contributed by atoms with E-state index >= 15 is 0 Å². The second kappa shape index (κ2) is 6.26. The second-order valence-corrected chi connectivity index (χ2v) is 5.10. The normalized spacial score (nSPS) is 19.3. The Hall–Kier alpha value is -2.60. The van der Waals surface area contributed by atoms with Crippen LogP contribution >= 0.6 is 0 Å². The molecule has 6 nitrogen and oxygen atoms in total. The van der Waals surface area contributed by atoms with Crippen molar-refractivity contribution in [1.82, 2.24) is 0 Å². The van der Waals surface area contributed by atoms with E-state index in [9.17, 15) is 10.2 Å². The molecule has 0 radical (unpaired) electrons. The van der Waals surface area contributed by atoms with E-state index < -0.39 is 12.2 Å². The van der Waals surface area contributed by atoms with Crippen LogP contribution in [0, 0.1) is 0 Å². The molecule has 6 heteroatoms. The molecule has 0 aromatic heterocycles. The molecule has 0 unspecified atom stereocenters. The van der Waals surface area contributed by atoms with Gasteiger partial charge >= 0.3 is 0 Å². The summed E-state index contributed by atoms with van der Waals surface area (Å²) in [4.78, 5) is 0. The number of ether oxygens (including phenoxy) is 4. The summed E-state index contributed by atoms with van der Waals surface area (Å²) in [6, 6.07) is 10.5. The van der Waals surface area contributed by atoms with Crippen LogP contribution in [0.4, 0.5) is 0 Å². The molecule has 1 heterocycles. The molecule has 0 saturated heterocycles. The first-order valence-electron chi connectivity index (χ1n) is 7.16. The Morgan fingerprint density at radius 2 is 1.57 bits per heavy atom. The van der Waals surface area contributed by atoms with Crippen LogP contribution in [0.2, 0.25) is 0 Å². The van der Waals surface area contributed by atoms with E-state index in [4.69, 9.17) is 18.9 Å². The lowest BCUT2D eigenvalue weighted by atomic mass is 10.0. The zero-order valence-electron chi connectivity index (χ0n) is 12.9. The van der Waals surface area contributed by atoms with E-state index in [2.05, 4.69) is 0 Å². The molecule has 1 aliphatic rings. The van der Waals surface area contributed by atoms with Gasteiger partial charge in [-0.3, -0.25) is 0 Å². The highest BCUT2D eigenvalue weighted by atomic mass is 16.6. The summed E-state index contributed by atoms with van der Waals surface area (Å²) in [6.07, 6.45) is -1.14. The number of aliphatic hydroxyl groups excluding tert-OH is 1. The van der Waals surface area contributed by atoms with E-state index in [1.54, 1.807) is 24.3 Å². The van der Waals surface area contributed by atoms with Gasteiger partial charge in [0, 0.05) is 5.56 Å². The summed E-state index contributed by atoms with van der Waals surface area (Å²) in [5.74, 6) is 1.61. The minimum Gasteiger partial charge on any atom is -0.502 e. The van der Waals surface area contributed by atoms with Crippen LogP contribution in [0.5, 0.6) is 28.7 Å². The highest BCUT2D eigenvalue weighted by Gasteiger charge is 2.33. The van der Waals surface area contributed by atoms with E-state index in [0.29, 0.717) is 17.1 Å². The number of methoxy groups -OCH3 is 2. The fourth-order valence-electron chi connectivity index (χ4n) is 2.58. The second-order valence-electron chi connectivity index (χ2n) is 5.10. The van der Waals surface area contributed by atoms with Crippen molar-refractivity contribution in [3.05, 3.63) is 42.0 Å². The molecule has 0 fully saturated rings. The first-order chi connectivity index (χ1) is 11.2. The number of rotatable bonds is 4. The lowest BCUT2D eigenvalue weighted by molar-refractivity contribution is -0.0124. The van der Waals surface area contributed by atoms with Crippen molar-refractivity contribution in [3.63, 3.8) is 0 Å². The van der Waals surface area contributed by atoms with E-state index in [0.717, 1.165) is 0 Å². The third-order valence-corrected chi connectivity index (χ3v) is 3.73. The van der Waals surface area contributed by atoms with Crippen LogP contribution in [-0.2, 0) is 0 Å². The van der Waals surface area contributed by atoms with Crippen LogP contribution in [0.25, 0.3) is 0 Å². The molecule has 2 aromatic rings. The number of benzene rings is 2. The molecule has 0 spiro atoms. The Labute approximate surface area is 133 Å². The Balaban J connectivity index is 2.03. The average molecular weight is 318 g/mol. The Morgan fingerprint density at radius 3 is 2.09 bits per heavy atom. The number of aromatic hydroxyl groups is 1. The van der Waals surface area contributed by atoms with Gasteiger partial charge in [0.05, 0.1) is 20.8 Å².